The molecule has 0 radical (unpaired) electrons. The van der Waals surface area contributed by atoms with E-state index in [-0.39, 0.29) is 0 Å². The summed E-state index contributed by atoms with van der Waals surface area (Å²) >= 11 is 1.89. The molecule has 0 bridgehead atoms. The Morgan fingerprint density at radius 2 is 1.75 bits per heavy atom. The molecule has 1 aliphatic rings. The van der Waals surface area contributed by atoms with Crippen LogP contribution in [0.2, 0.25) is 0 Å². The number of nitrogens with one attached hydrogen (secondary N) is 2. The van der Waals surface area contributed by atoms with Gasteiger partial charge < -0.3 is 9.88 Å². The molecule has 3 rings (SSSR count). The van der Waals surface area contributed by atoms with Crippen LogP contribution in [0.25, 0.3) is 5.69 Å². The van der Waals surface area contributed by atoms with Crippen molar-refractivity contribution in [2.45, 2.75) is 71.1 Å². The van der Waals surface area contributed by atoms with Crippen molar-refractivity contribution in [1.82, 2.24) is 9.29 Å². The lowest BCUT2D eigenvalue weighted by Gasteiger charge is -2.22. The fourth-order valence-corrected chi connectivity index (χ4v) is 3.64. The smallest absolute Gasteiger partial charge is 0.101 e. The number of hydrogen-bond acceptors (Lipinski definition) is 4. The number of nitriles is 1. The number of anilines is 1. The molecule has 0 amide bonds. The topological polar surface area (TPSA) is 52.8 Å². The molecule has 1 heterocycles. The van der Waals surface area contributed by atoms with E-state index in [0.717, 1.165) is 22.7 Å². The van der Waals surface area contributed by atoms with Gasteiger partial charge in [0.15, 0.2) is 0 Å². The van der Waals surface area contributed by atoms with Crippen LogP contribution in [0.4, 0.5) is 5.69 Å². The molecule has 1 saturated carbocycles. The second-order valence-electron chi connectivity index (χ2n) is 6.80. The van der Waals surface area contributed by atoms with E-state index >= 15 is 0 Å². The molecule has 0 unspecified atom stereocenters. The lowest BCUT2D eigenvalue weighted by Crippen LogP contribution is -2.26. The summed E-state index contributed by atoms with van der Waals surface area (Å²) in [5, 5.41) is 12.8. The lowest BCUT2D eigenvalue weighted by molar-refractivity contribution is 0.423. The molecule has 154 valence electrons. The van der Waals surface area contributed by atoms with Crippen molar-refractivity contribution in [3.05, 3.63) is 48.3 Å². The quantitative estimate of drug-likeness (QED) is 0.572. The highest BCUT2D eigenvalue weighted by Crippen LogP contribution is 2.20. The average molecular weight is 401 g/mol. The van der Waals surface area contributed by atoms with E-state index < -0.39 is 0 Å². The first-order valence-electron chi connectivity index (χ1n) is 10.4. The van der Waals surface area contributed by atoms with E-state index in [4.69, 9.17) is 5.26 Å². The highest BCUT2D eigenvalue weighted by atomic mass is 32.2. The maximum absolute atomic E-state index is 9.00. The summed E-state index contributed by atoms with van der Waals surface area (Å²) < 4.78 is 5.47. The second kappa shape index (κ2) is 14.1. The molecular weight excluding hydrogens is 364 g/mol. The first-order chi connectivity index (χ1) is 13.6. The predicted octanol–water partition coefficient (Wildman–Crippen LogP) is 6.38. The first-order valence-corrected chi connectivity index (χ1v) is 11.3. The molecule has 1 aromatic carbocycles. The molecule has 0 aliphatic heterocycles. The van der Waals surface area contributed by atoms with Gasteiger partial charge in [0.1, 0.15) is 6.07 Å². The van der Waals surface area contributed by atoms with E-state index in [9.17, 15) is 0 Å². The normalized spacial score (nSPS) is 13.6. The maximum Gasteiger partial charge on any atom is 0.101 e. The van der Waals surface area contributed by atoms with Crippen LogP contribution in [-0.2, 0) is 0 Å². The molecule has 1 aliphatic carbocycles. The molecule has 0 saturated heterocycles. The Morgan fingerprint density at radius 1 is 1.11 bits per heavy atom. The minimum Gasteiger partial charge on any atom is -0.388 e. The summed E-state index contributed by atoms with van der Waals surface area (Å²) in [5.74, 6) is 0. The fraction of sp³-hybridized carbons (Fsp3) is 0.522. The Kier molecular flexibility index (Phi) is 12.2. The van der Waals surface area contributed by atoms with E-state index in [1.807, 2.05) is 80.1 Å². The van der Waals surface area contributed by atoms with Crippen molar-refractivity contribution in [2.24, 2.45) is 0 Å². The lowest BCUT2D eigenvalue weighted by atomic mass is 9.96. The summed E-state index contributed by atoms with van der Waals surface area (Å²) in [6.45, 7) is 8.47. The zero-order valence-electron chi connectivity index (χ0n) is 18.0. The van der Waals surface area contributed by atoms with Crippen molar-refractivity contribution in [3.63, 3.8) is 0 Å². The van der Waals surface area contributed by atoms with E-state index in [1.54, 1.807) is 0 Å². The Balaban J connectivity index is 0.000000268. The van der Waals surface area contributed by atoms with E-state index in [0.29, 0.717) is 5.56 Å². The minimum absolute atomic E-state index is 0.671. The van der Waals surface area contributed by atoms with E-state index in [1.165, 1.54) is 32.1 Å². The van der Waals surface area contributed by atoms with Crippen LogP contribution >= 0.6 is 11.9 Å². The molecule has 1 aromatic heterocycles. The van der Waals surface area contributed by atoms with Crippen LogP contribution in [-0.4, -0.2) is 22.9 Å². The number of aromatic nitrogens is 1. The van der Waals surface area contributed by atoms with Gasteiger partial charge in [-0.15, -0.1) is 0 Å². The van der Waals surface area contributed by atoms with Crippen LogP contribution in [0.1, 0.15) is 65.4 Å². The Hall–Kier alpha value is -1.90. The zero-order chi connectivity index (χ0) is 20.8. The van der Waals surface area contributed by atoms with Crippen molar-refractivity contribution in [2.75, 3.05) is 12.4 Å². The van der Waals surface area contributed by atoms with Crippen LogP contribution in [0.5, 0.6) is 0 Å². The average Bonchev–Trinajstić information content (AvgIpc) is 3.29. The second-order valence-corrected chi connectivity index (χ2v) is 8.22. The zero-order valence-corrected chi connectivity index (χ0v) is 18.9. The largest absolute Gasteiger partial charge is 0.388 e. The van der Waals surface area contributed by atoms with Crippen LogP contribution in [0.3, 0.4) is 0 Å². The molecule has 4 nitrogen and oxygen atoms in total. The van der Waals surface area contributed by atoms with Gasteiger partial charge in [0, 0.05) is 36.4 Å². The van der Waals surface area contributed by atoms with E-state index in [2.05, 4.69) is 30.0 Å². The van der Waals surface area contributed by atoms with Gasteiger partial charge in [0.25, 0.3) is 0 Å². The van der Waals surface area contributed by atoms with Gasteiger partial charge in [-0.1, -0.05) is 58.9 Å². The predicted molar refractivity (Wildman–Crippen MR) is 124 cm³/mol. The molecule has 0 atom stereocenters. The Labute approximate surface area is 175 Å². The standard InChI is InChI=1S/C12H11N3.C9H19NS.C2H6/c1-14-11-5-4-10(9-13)12(8-11)15-6-2-3-7-15;1-8(2)11-10-9-6-4-3-5-7-9;1-2/h2-8,14H,1H3;8-10H,3-7H2,1-2H3;1-2H3. The highest BCUT2D eigenvalue weighted by Gasteiger charge is 2.12. The molecular formula is C23H36N4S. The van der Waals surface area contributed by atoms with Gasteiger partial charge in [-0.3, -0.25) is 4.72 Å². The SMILES string of the molecule is CC.CC(C)SNC1CCCCC1.CNc1ccc(C#N)c(-n2cccc2)c1. The summed E-state index contributed by atoms with van der Waals surface area (Å²) in [7, 11) is 1.86. The Bertz CT molecular complexity index is 683. The van der Waals surface area contributed by atoms with Gasteiger partial charge in [-0.2, -0.15) is 5.26 Å². The Morgan fingerprint density at radius 3 is 2.29 bits per heavy atom. The molecule has 5 heteroatoms. The number of hydrogen-bond donors (Lipinski definition) is 2. The summed E-state index contributed by atoms with van der Waals surface area (Å²) in [6.07, 6.45) is 10.9. The number of rotatable bonds is 5. The minimum atomic E-state index is 0.671. The third-order valence-corrected chi connectivity index (χ3v) is 5.31. The molecule has 28 heavy (non-hydrogen) atoms. The van der Waals surface area contributed by atoms with Gasteiger partial charge >= 0.3 is 0 Å². The molecule has 1 fully saturated rings. The monoisotopic (exact) mass is 400 g/mol. The third kappa shape index (κ3) is 8.41. The first kappa shape index (κ1) is 24.1. The number of benzene rings is 1. The summed E-state index contributed by atoms with van der Waals surface area (Å²) in [5.41, 5.74) is 2.57. The maximum atomic E-state index is 9.00. The molecule has 0 spiro atoms. The van der Waals surface area contributed by atoms with Crippen LogP contribution < -0.4 is 10.0 Å². The fourth-order valence-electron chi connectivity index (χ4n) is 2.94. The van der Waals surface area contributed by atoms with Gasteiger partial charge in [-0.05, 0) is 43.2 Å². The highest BCUT2D eigenvalue weighted by molar-refractivity contribution is 7.98. The third-order valence-electron chi connectivity index (χ3n) is 4.37. The van der Waals surface area contributed by atoms with Crippen molar-refractivity contribution in [1.29, 1.82) is 5.26 Å². The molecule has 2 N–H and O–H groups in total. The van der Waals surface area contributed by atoms with Gasteiger partial charge in [0.05, 0.1) is 11.3 Å². The number of nitrogens with zero attached hydrogens (tertiary/aromatic N) is 2. The van der Waals surface area contributed by atoms with Crippen molar-refractivity contribution >= 4 is 17.6 Å². The van der Waals surface area contributed by atoms with Crippen LogP contribution in [0.15, 0.2) is 42.7 Å². The molecule has 2 aromatic rings. The van der Waals surface area contributed by atoms with Gasteiger partial charge in [-0.25, -0.2) is 0 Å². The summed E-state index contributed by atoms with van der Waals surface area (Å²) in [4.78, 5) is 0. The summed E-state index contributed by atoms with van der Waals surface area (Å²) in [6, 6.07) is 12.5. The van der Waals surface area contributed by atoms with Crippen LogP contribution in [0, 0.1) is 11.3 Å². The van der Waals surface area contributed by atoms with Gasteiger partial charge in [0.2, 0.25) is 0 Å². The van der Waals surface area contributed by atoms with Crippen molar-refractivity contribution < 1.29 is 0 Å². The van der Waals surface area contributed by atoms with Crippen molar-refractivity contribution in [3.8, 4) is 11.8 Å².